The van der Waals surface area contributed by atoms with Gasteiger partial charge in [0.1, 0.15) is 12.2 Å². The maximum atomic E-state index is 12.3. The van der Waals surface area contributed by atoms with Crippen LogP contribution < -0.4 is 10.9 Å². The van der Waals surface area contributed by atoms with Gasteiger partial charge in [0.2, 0.25) is 0 Å². The van der Waals surface area contributed by atoms with Crippen molar-refractivity contribution in [2.75, 3.05) is 0 Å². The zero-order chi connectivity index (χ0) is 18.1. The average molecular weight is 343 g/mol. The van der Waals surface area contributed by atoms with Crippen LogP contribution in [0.4, 0.5) is 0 Å². The lowest BCUT2D eigenvalue weighted by atomic mass is 9.94. The number of hydrogen-bond donors (Lipinski definition) is 3. The van der Waals surface area contributed by atoms with E-state index in [9.17, 15) is 14.4 Å². The van der Waals surface area contributed by atoms with Crippen molar-refractivity contribution in [2.45, 2.75) is 46.6 Å². The van der Waals surface area contributed by atoms with Crippen molar-refractivity contribution >= 4 is 17.6 Å². The molecule has 0 saturated heterocycles. The first-order valence-electron chi connectivity index (χ1n) is 8.21. The Labute approximate surface area is 145 Å². The number of hydrazine groups is 1. The Balaban J connectivity index is 1.64. The molecule has 8 nitrogen and oxygen atoms in total. The van der Waals surface area contributed by atoms with Crippen LogP contribution in [-0.2, 0) is 17.8 Å². The maximum Gasteiger partial charge on any atom is 0.286 e. The van der Waals surface area contributed by atoms with E-state index in [-0.39, 0.29) is 18.2 Å². The molecule has 0 radical (unpaired) electrons. The van der Waals surface area contributed by atoms with Gasteiger partial charge in [-0.15, -0.1) is 0 Å². The molecule has 0 spiro atoms. The average Bonchev–Trinajstić information content (AvgIpc) is 3.05. The van der Waals surface area contributed by atoms with Gasteiger partial charge in [0.05, 0.1) is 5.69 Å². The highest BCUT2D eigenvalue weighted by molar-refractivity contribution is 6.04. The molecule has 8 heteroatoms. The second-order valence-corrected chi connectivity index (χ2v) is 6.34. The van der Waals surface area contributed by atoms with Crippen LogP contribution in [0.25, 0.3) is 0 Å². The Morgan fingerprint density at radius 2 is 2.00 bits per heavy atom. The summed E-state index contributed by atoms with van der Waals surface area (Å²) in [6, 6.07) is 1.87. The van der Waals surface area contributed by atoms with Crippen molar-refractivity contribution < 1.29 is 14.4 Å². The summed E-state index contributed by atoms with van der Waals surface area (Å²) in [5, 5.41) is 4.20. The van der Waals surface area contributed by atoms with Crippen LogP contribution in [-0.4, -0.2) is 32.4 Å². The van der Waals surface area contributed by atoms with Gasteiger partial charge in [0.15, 0.2) is 5.78 Å². The van der Waals surface area contributed by atoms with Gasteiger partial charge in [-0.25, -0.2) is 0 Å². The van der Waals surface area contributed by atoms with E-state index in [2.05, 4.69) is 20.9 Å². The molecule has 0 fully saturated rings. The lowest BCUT2D eigenvalue weighted by molar-refractivity contribution is -0.122. The molecule has 0 atom stereocenters. The fraction of sp³-hybridized carbons (Fsp3) is 0.412. The second-order valence-electron chi connectivity index (χ2n) is 6.34. The number of Topliss-reactive ketones (excluding diaryl/α,β-unsaturated/α-hetero) is 1. The molecule has 1 aliphatic carbocycles. The molecule has 0 bridgehead atoms. The number of aromatic nitrogens is 3. The van der Waals surface area contributed by atoms with E-state index in [4.69, 9.17) is 0 Å². The molecule has 0 aromatic carbocycles. The molecule has 2 amide bonds. The summed E-state index contributed by atoms with van der Waals surface area (Å²) < 4.78 is 1.56. The first-order valence-corrected chi connectivity index (χ1v) is 8.21. The predicted molar refractivity (Wildman–Crippen MR) is 90.1 cm³/mol. The fourth-order valence-corrected chi connectivity index (χ4v) is 3.20. The van der Waals surface area contributed by atoms with Gasteiger partial charge in [0.25, 0.3) is 11.8 Å². The van der Waals surface area contributed by atoms with E-state index in [1.165, 1.54) is 0 Å². The maximum absolute atomic E-state index is 12.3. The minimum absolute atomic E-state index is 0.0125. The zero-order valence-corrected chi connectivity index (χ0v) is 14.5. The van der Waals surface area contributed by atoms with Crippen molar-refractivity contribution in [1.29, 1.82) is 0 Å². The highest BCUT2D eigenvalue weighted by Crippen LogP contribution is 2.26. The van der Waals surface area contributed by atoms with Gasteiger partial charge < -0.3 is 4.98 Å². The molecule has 2 aromatic rings. The molecule has 132 valence electrons. The molecular formula is C17H21N5O3. The number of nitrogens with zero attached hydrogens (tertiary/aromatic N) is 2. The number of fused-ring (bicyclic) bond motifs is 1. The molecule has 0 unspecified atom stereocenters. The summed E-state index contributed by atoms with van der Waals surface area (Å²) in [4.78, 5) is 39.3. The van der Waals surface area contributed by atoms with Crippen molar-refractivity contribution in [3.8, 4) is 0 Å². The van der Waals surface area contributed by atoms with E-state index in [1.54, 1.807) is 11.6 Å². The number of amides is 2. The SMILES string of the molecule is Cc1cc(C)n(CC(=O)NNC(=O)c2[nH]c3c(c2C)C(=O)CCC3)n1. The topological polar surface area (TPSA) is 109 Å². The van der Waals surface area contributed by atoms with Gasteiger partial charge in [-0.05, 0) is 45.2 Å². The van der Waals surface area contributed by atoms with Gasteiger partial charge in [-0.3, -0.25) is 29.9 Å². The lowest BCUT2D eigenvalue weighted by Crippen LogP contribution is -2.43. The molecular weight excluding hydrogens is 322 g/mol. The van der Waals surface area contributed by atoms with E-state index >= 15 is 0 Å². The van der Waals surface area contributed by atoms with Crippen LogP contribution in [0.2, 0.25) is 0 Å². The Hall–Kier alpha value is -2.90. The number of hydrogen-bond acceptors (Lipinski definition) is 4. The van der Waals surface area contributed by atoms with Crippen molar-refractivity contribution in [1.82, 2.24) is 25.6 Å². The third-order valence-electron chi connectivity index (χ3n) is 4.38. The third kappa shape index (κ3) is 3.33. The first-order chi connectivity index (χ1) is 11.9. The number of H-pyrrole nitrogens is 1. The molecule has 3 N–H and O–H groups in total. The molecule has 2 aromatic heterocycles. The van der Waals surface area contributed by atoms with Crippen molar-refractivity contribution in [2.24, 2.45) is 0 Å². The van der Waals surface area contributed by atoms with Crippen LogP contribution in [0.3, 0.4) is 0 Å². The molecule has 25 heavy (non-hydrogen) atoms. The number of carbonyl (C=O) groups is 3. The Morgan fingerprint density at radius 1 is 1.24 bits per heavy atom. The second kappa shape index (κ2) is 6.54. The van der Waals surface area contributed by atoms with Gasteiger partial charge in [-0.2, -0.15) is 5.10 Å². The molecule has 0 saturated carbocycles. The predicted octanol–water partition coefficient (Wildman–Crippen LogP) is 1.12. The number of aryl methyl sites for hydroxylation is 3. The van der Waals surface area contributed by atoms with Gasteiger partial charge >= 0.3 is 0 Å². The van der Waals surface area contributed by atoms with Gasteiger partial charge in [-0.1, -0.05) is 0 Å². The number of aromatic amines is 1. The number of carbonyl (C=O) groups excluding carboxylic acids is 3. The summed E-state index contributed by atoms with van der Waals surface area (Å²) in [5.41, 5.74) is 8.82. The molecule has 3 rings (SSSR count). The summed E-state index contributed by atoms with van der Waals surface area (Å²) >= 11 is 0. The van der Waals surface area contributed by atoms with Crippen LogP contribution in [0.5, 0.6) is 0 Å². The van der Waals surface area contributed by atoms with E-state index in [0.29, 0.717) is 23.2 Å². The normalized spacial score (nSPS) is 13.5. The lowest BCUT2D eigenvalue weighted by Gasteiger charge is -2.09. The van der Waals surface area contributed by atoms with Crippen LogP contribution in [0.15, 0.2) is 6.07 Å². The third-order valence-corrected chi connectivity index (χ3v) is 4.38. The number of ketones is 1. The number of rotatable bonds is 3. The summed E-state index contributed by atoms with van der Waals surface area (Å²) in [7, 11) is 0. The summed E-state index contributed by atoms with van der Waals surface area (Å²) in [6.45, 7) is 5.46. The molecule has 0 aliphatic heterocycles. The molecule has 2 heterocycles. The first kappa shape index (κ1) is 16.9. The Kier molecular flexibility index (Phi) is 4.43. The van der Waals surface area contributed by atoms with E-state index < -0.39 is 5.91 Å². The Morgan fingerprint density at radius 3 is 2.64 bits per heavy atom. The monoisotopic (exact) mass is 343 g/mol. The largest absolute Gasteiger partial charge is 0.354 e. The van der Waals surface area contributed by atoms with E-state index in [0.717, 1.165) is 29.9 Å². The molecule has 1 aliphatic rings. The Bertz CT molecular complexity index is 862. The van der Waals surface area contributed by atoms with Crippen LogP contribution in [0, 0.1) is 20.8 Å². The highest BCUT2D eigenvalue weighted by atomic mass is 16.2. The zero-order valence-electron chi connectivity index (χ0n) is 14.5. The quantitative estimate of drug-likeness (QED) is 0.726. The highest BCUT2D eigenvalue weighted by Gasteiger charge is 2.26. The minimum Gasteiger partial charge on any atom is -0.354 e. The van der Waals surface area contributed by atoms with Crippen molar-refractivity contribution in [3.63, 3.8) is 0 Å². The summed E-state index contributed by atoms with van der Waals surface area (Å²) in [5.74, 6) is -0.798. The van der Waals surface area contributed by atoms with E-state index in [1.807, 2.05) is 19.9 Å². The summed E-state index contributed by atoms with van der Waals surface area (Å²) in [6.07, 6.45) is 2.04. The van der Waals surface area contributed by atoms with Crippen LogP contribution in [0.1, 0.15) is 56.3 Å². The standard InChI is InChI=1S/C17H21N5O3/c1-9-7-10(2)22(21-9)8-14(24)19-20-17(25)16-11(3)15-12(18-16)5-4-6-13(15)23/h7,18H,4-6,8H2,1-3H3,(H,19,24)(H,20,25). The fourth-order valence-electron chi connectivity index (χ4n) is 3.20. The smallest absolute Gasteiger partial charge is 0.286 e. The number of nitrogens with one attached hydrogen (secondary N) is 3. The van der Waals surface area contributed by atoms with Crippen LogP contribution >= 0.6 is 0 Å². The van der Waals surface area contributed by atoms with Gasteiger partial charge in [0, 0.05) is 23.4 Å². The van der Waals surface area contributed by atoms with Crippen molar-refractivity contribution in [3.05, 3.63) is 40.0 Å². The minimum atomic E-state index is -0.471.